The zero-order chi connectivity index (χ0) is 15.6. The zero-order valence-corrected chi connectivity index (χ0v) is 13.6. The second-order valence-electron chi connectivity index (χ2n) is 5.53. The quantitative estimate of drug-likeness (QED) is 0.833. The molecule has 0 saturated carbocycles. The van der Waals surface area contributed by atoms with Crippen molar-refractivity contribution in [3.05, 3.63) is 45.9 Å². The summed E-state index contributed by atoms with van der Waals surface area (Å²) in [5, 5.41) is 7.41. The van der Waals surface area contributed by atoms with E-state index in [2.05, 4.69) is 29.3 Å². The highest BCUT2D eigenvalue weighted by Crippen LogP contribution is 2.37. The predicted octanol–water partition coefficient (Wildman–Crippen LogP) is 2.64. The van der Waals surface area contributed by atoms with Gasteiger partial charge in [0.1, 0.15) is 0 Å². The van der Waals surface area contributed by atoms with E-state index in [4.69, 9.17) is 5.73 Å². The summed E-state index contributed by atoms with van der Waals surface area (Å²) in [5.41, 5.74) is 8.37. The summed E-state index contributed by atoms with van der Waals surface area (Å²) < 4.78 is 1.66. The first-order valence-electron chi connectivity index (χ1n) is 7.06. The van der Waals surface area contributed by atoms with Gasteiger partial charge in [0.05, 0.1) is 5.25 Å². The Hall–Kier alpha value is -1.53. The number of aryl methyl sites for hydroxylation is 1. The minimum Gasteiger partial charge on any atom is -0.327 e. The molecule has 0 spiro atoms. The third kappa shape index (κ3) is 3.39. The largest absolute Gasteiger partial charge is 0.344 e. The molecule has 6 heteroatoms. The fraction of sp³-hybridized carbons (Fsp3) is 0.467. The maximum atomic E-state index is 11.8. The molecule has 114 valence electrons. The van der Waals surface area contributed by atoms with Crippen LogP contribution < -0.4 is 11.4 Å². The molecule has 2 aromatic rings. The molecule has 1 aromatic heterocycles. The lowest BCUT2D eigenvalue weighted by atomic mass is 10.0. The fourth-order valence-corrected chi connectivity index (χ4v) is 3.64. The van der Waals surface area contributed by atoms with Crippen LogP contribution in [0, 0.1) is 6.92 Å². The van der Waals surface area contributed by atoms with Crippen LogP contribution in [0.1, 0.15) is 43.2 Å². The van der Waals surface area contributed by atoms with Gasteiger partial charge >= 0.3 is 5.69 Å². The van der Waals surface area contributed by atoms with Gasteiger partial charge < -0.3 is 5.73 Å². The van der Waals surface area contributed by atoms with Crippen molar-refractivity contribution in [2.45, 2.75) is 50.2 Å². The van der Waals surface area contributed by atoms with E-state index in [1.54, 1.807) is 4.57 Å². The van der Waals surface area contributed by atoms with Crippen LogP contribution in [-0.4, -0.2) is 20.8 Å². The Kier molecular flexibility index (Phi) is 4.90. The van der Waals surface area contributed by atoms with Crippen LogP contribution in [0.4, 0.5) is 0 Å². The first-order chi connectivity index (χ1) is 9.91. The van der Waals surface area contributed by atoms with Gasteiger partial charge in [0.25, 0.3) is 0 Å². The van der Waals surface area contributed by atoms with Gasteiger partial charge in [0, 0.05) is 12.1 Å². The van der Waals surface area contributed by atoms with Crippen LogP contribution in [0.2, 0.25) is 0 Å². The number of nitrogens with two attached hydrogens (primary N) is 1. The minimum absolute atomic E-state index is 0.0523. The van der Waals surface area contributed by atoms with Gasteiger partial charge in [-0.1, -0.05) is 36.0 Å². The molecule has 0 saturated heterocycles. The second kappa shape index (κ2) is 6.49. The summed E-state index contributed by atoms with van der Waals surface area (Å²) >= 11 is 1.54. The third-order valence-corrected chi connectivity index (χ3v) is 4.83. The van der Waals surface area contributed by atoms with E-state index in [0.29, 0.717) is 5.16 Å². The molecule has 5 nitrogen and oxygen atoms in total. The smallest absolute Gasteiger partial charge is 0.327 e. The number of nitrogens with one attached hydrogen (secondary N) is 1. The molecule has 1 heterocycles. The lowest BCUT2D eigenvalue weighted by Gasteiger charge is -2.22. The molecule has 3 N–H and O–H groups in total. The highest BCUT2D eigenvalue weighted by molar-refractivity contribution is 7.99. The lowest BCUT2D eigenvalue weighted by Crippen LogP contribution is -2.24. The van der Waals surface area contributed by atoms with Crippen LogP contribution in [0.3, 0.4) is 0 Å². The average Bonchev–Trinajstić information content (AvgIpc) is 2.78. The van der Waals surface area contributed by atoms with Crippen LogP contribution in [-0.2, 0) is 0 Å². The summed E-state index contributed by atoms with van der Waals surface area (Å²) in [7, 11) is 0. The van der Waals surface area contributed by atoms with E-state index in [1.807, 2.05) is 32.9 Å². The highest BCUT2D eigenvalue weighted by Gasteiger charge is 2.23. The molecule has 2 unspecified atom stereocenters. The Balaban J connectivity index is 2.39. The number of hydrogen-bond donors (Lipinski definition) is 2. The highest BCUT2D eigenvalue weighted by atomic mass is 32.2. The van der Waals surface area contributed by atoms with Crippen molar-refractivity contribution in [3.63, 3.8) is 0 Å². The van der Waals surface area contributed by atoms with Crippen molar-refractivity contribution in [2.75, 3.05) is 0 Å². The Morgan fingerprint density at radius 1 is 1.29 bits per heavy atom. The third-order valence-electron chi connectivity index (χ3n) is 3.39. The number of thioether (sulfide) groups is 1. The molecule has 0 aliphatic heterocycles. The first kappa shape index (κ1) is 15.9. The SMILES string of the molecule is Cc1ccccc1C(Sc1n[nH]c(=O)n1C(C)C)C(C)N. The molecule has 1 aromatic carbocycles. The molecule has 0 radical (unpaired) electrons. The van der Waals surface area contributed by atoms with E-state index in [0.717, 1.165) is 0 Å². The minimum atomic E-state index is -0.180. The van der Waals surface area contributed by atoms with Crippen LogP contribution in [0.5, 0.6) is 0 Å². The van der Waals surface area contributed by atoms with Gasteiger partial charge in [-0.3, -0.25) is 4.57 Å². The monoisotopic (exact) mass is 306 g/mol. The Labute approximate surface area is 128 Å². The van der Waals surface area contributed by atoms with Crippen LogP contribution >= 0.6 is 11.8 Å². The van der Waals surface area contributed by atoms with Gasteiger partial charge in [0.15, 0.2) is 5.16 Å². The standard InChI is InChI=1S/C15H22N4OS/c1-9(2)19-14(20)17-18-15(19)21-13(11(4)16)12-8-6-5-7-10(12)3/h5-9,11,13H,16H2,1-4H3,(H,17,20). The summed E-state index contributed by atoms with van der Waals surface area (Å²) in [6.07, 6.45) is 0. The topological polar surface area (TPSA) is 76.7 Å². The number of H-pyrrole nitrogens is 1. The number of rotatable bonds is 5. The van der Waals surface area contributed by atoms with E-state index in [9.17, 15) is 4.79 Å². The Bertz CT molecular complexity index is 660. The van der Waals surface area contributed by atoms with Gasteiger partial charge in [-0.05, 0) is 38.8 Å². The fourth-order valence-electron chi connectivity index (χ4n) is 2.30. The van der Waals surface area contributed by atoms with Crippen molar-refractivity contribution in [2.24, 2.45) is 5.73 Å². The molecule has 21 heavy (non-hydrogen) atoms. The Morgan fingerprint density at radius 3 is 2.52 bits per heavy atom. The second-order valence-corrected chi connectivity index (χ2v) is 6.64. The first-order valence-corrected chi connectivity index (χ1v) is 7.94. The maximum Gasteiger partial charge on any atom is 0.344 e. The Morgan fingerprint density at radius 2 is 1.95 bits per heavy atom. The van der Waals surface area contributed by atoms with Crippen molar-refractivity contribution < 1.29 is 0 Å². The normalized spacial score (nSPS) is 14.4. The molecule has 0 aliphatic carbocycles. The van der Waals surface area contributed by atoms with Gasteiger partial charge in [0.2, 0.25) is 0 Å². The maximum absolute atomic E-state index is 11.8. The summed E-state index contributed by atoms with van der Waals surface area (Å²) in [6, 6.07) is 8.19. The van der Waals surface area contributed by atoms with Crippen molar-refractivity contribution >= 4 is 11.8 Å². The van der Waals surface area contributed by atoms with E-state index in [1.165, 1.54) is 22.9 Å². The molecule has 0 amide bonds. The molecule has 2 rings (SSSR count). The average molecular weight is 306 g/mol. The predicted molar refractivity (Wildman–Crippen MR) is 86.7 cm³/mol. The summed E-state index contributed by atoms with van der Waals surface area (Å²) in [4.78, 5) is 11.8. The van der Waals surface area contributed by atoms with E-state index in [-0.39, 0.29) is 23.0 Å². The number of benzene rings is 1. The zero-order valence-electron chi connectivity index (χ0n) is 12.8. The van der Waals surface area contributed by atoms with E-state index >= 15 is 0 Å². The summed E-state index contributed by atoms with van der Waals surface area (Å²) in [6.45, 7) is 7.99. The number of aromatic nitrogens is 3. The molecular weight excluding hydrogens is 284 g/mol. The van der Waals surface area contributed by atoms with Crippen molar-refractivity contribution in [1.29, 1.82) is 0 Å². The van der Waals surface area contributed by atoms with Crippen molar-refractivity contribution in [3.8, 4) is 0 Å². The van der Waals surface area contributed by atoms with Crippen molar-refractivity contribution in [1.82, 2.24) is 14.8 Å². The van der Waals surface area contributed by atoms with Crippen LogP contribution in [0.25, 0.3) is 0 Å². The molecule has 0 aliphatic rings. The number of aromatic amines is 1. The van der Waals surface area contributed by atoms with Gasteiger partial charge in [-0.2, -0.15) is 0 Å². The molecule has 2 atom stereocenters. The molecule has 0 fully saturated rings. The van der Waals surface area contributed by atoms with Gasteiger partial charge in [-0.15, -0.1) is 5.10 Å². The number of hydrogen-bond acceptors (Lipinski definition) is 4. The van der Waals surface area contributed by atoms with Crippen LogP contribution in [0.15, 0.2) is 34.2 Å². The molecular formula is C15H22N4OS. The van der Waals surface area contributed by atoms with E-state index < -0.39 is 0 Å². The number of nitrogens with zero attached hydrogens (tertiary/aromatic N) is 2. The molecule has 0 bridgehead atoms. The summed E-state index contributed by atoms with van der Waals surface area (Å²) in [5.74, 6) is 0. The lowest BCUT2D eigenvalue weighted by molar-refractivity contribution is 0.532. The van der Waals surface area contributed by atoms with Gasteiger partial charge in [-0.25, -0.2) is 9.89 Å².